The van der Waals surface area contributed by atoms with Crippen molar-refractivity contribution < 1.29 is 19.2 Å². The maximum Gasteiger partial charge on any atom is 0.276 e. The molecule has 3 aromatic rings. The number of anilines is 1. The van der Waals surface area contributed by atoms with Crippen molar-refractivity contribution in [3.05, 3.63) is 97.0 Å². The highest BCUT2D eigenvalue weighted by molar-refractivity contribution is 9.10. The van der Waals surface area contributed by atoms with Crippen LogP contribution < -0.4 is 15.5 Å². The largest absolute Gasteiger partial charge is 0.493 e. The summed E-state index contributed by atoms with van der Waals surface area (Å²) in [4.78, 5) is 37.5. The molecule has 2 N–H and O–H groups in total. The molecule has 3 aromatic carbocycles. The minimum atomic E-state index is -1.02. The summed E-state index contributed by atoms with van der Waals surface area (Å²) in [5.41, 5.74) is 3.68. The predicted molar refractivity (Wildman–Crippen MR) is 130 cm³/mol. The van der Waals surface area contributed by atoms with Crippen LogP contribution in [-0.2, 0) is 0 Å². The van der Waals surface area contributed by atoms with E-state index in [0.717, 1.165) is 5.01 Å². The molecule has 1 atom stereocenters. The van der Waals surface area contributed by atoms with Gasteiger partial charge < -0.3 is 10.1 Å². The molecule has 1 unspecified atom stereocenters. The predicted octanol–water partition coefficient (Wildman–Crippen LogP) is 5.32. The summed E-state index contributed by atoms with van der Waals surface area (Å²) >= 11 is 9.73. The van der Waals surface area contributed by atoms with Crippen molar-refractivity contribution in [3.8, 4) is 5.75 Å². The van der Waals surface area contributed by atoms with Crippen molar-refractivity contribution in [3.63, 3.8) is 0 Å². The topological polar surface area (TPSA) is 114 Å². The molecule has 0 bridgehead atoms. The molecule has 0 spiro atoms. The lowest BCUT2D eigenvalue weighted by Gasteiger charge is -2.38. The summed E-state index contributed by atoms with van der Waals surface area (Å²) in [6.07, 6.45) is -1.02. The first-order valence-corrected chi connectivity index (χ1v) is 11.3. The van der Waals surface area contributed by atoms with Crippen molar-refractivity contribution in [2.45, 2.75) is 13.1 Å². The molecule has 174 valence electrons. The quantitative estimate of drug-likeness (QED) is 0.320. The Kier molecular flexibility index (Phi) is 6.71. The summed E-state index contributed by atoms with van der Waals surface area (Å²) in [5, 5.41) is 15.8. The SMILES string of the molecule is CCOc1ccccc1C(=O)NN1C(=O)c2cc(Br)ccc2NC1c1cc([N+](=O)[O-])ccc1Cl. The van der Waals surface area contributed by atoms with Gasteiger partial charge in [-0.3, -0.25) is 25.1 Å². The number of rotatable bonds is 6. The molecule has 0 aromatic heterocycles. The zero-order chi connectivity index (χ0) is 24.4. The van der Waals surface area contributed by atoms with Crippen LogP contribution in [0.2, 0.25) is 5.02 Å². The van der Waals surface area contributed by atoms with Crippen LogP contribution >= 0.6 is 27.5 Å². The van der Waals surface area contributed by atoms with Crippen LogP contribution in [0.5, 0.6) is 5.75 Å². The number of benzene rings is 3. The molecule has 1 aliphatic rings. The maximum absolute atomic E-state index is 13.5. The number of ether oxygens (including phenoxy) is 1. The highest BCUT2D eigenvalue weighted by Gasteiger charge is 2.36. The second-order valence-corrected chi connectivity index (χ2v) is 8.57. The number of non-ortho nitro benzene ring substituents is 1. The normalized spacial score (nSPS) is 14.7. The molecule has 1 aliphatic heterocycles. The van der Waals surface area contributed by atoms with Gasteiger partial charge in [-0.1, -0.05) is 39.7 Å². The van der Waals surface area contributed by atoms with Gasteiger partial charge >= 0.3 is 0 Å². The van der Waals surface area contributed by atoms with Gasteiger partial charge in [0.2, 0.25) is 0 Å². The van der Waals surface area contributed by atoms with Gasteiger partial charge in [-0.25, -0.2) is 5.01 Å². The Labute approximate surface area is 207 Å². The van der Waals surface area contributed by atoms with E-state index >= 15 is 0 Å². The van der Waals surface area contributed by atoms with Crippen LogP contribution in [0.1, 0.15) is 39.4 Å². The van der Waals surface area contributed by atoms with E-state index in [2.05, 4.69) is 26.7 Å². The molecule has 0 radical (unpaired) electrons. The lowest BCUT2D eigenvalue weighted by atomic mass is 10.0. The van der Waals surface area contributed by atoms with Crippen molar-refractivity contribution in [1.29, 1.82) is 0 Å². The Bertz CT molecular complexity index is 1300. The third-order valence-electron chi connectivity index (χ3n) is 5.12. The van der Waals surface area contributed by atoms with E-state index < -0.39 is 22.9 Å². The Morgan fingerprint density at radius 3 is 2.74 bits per heavy atom. The van der Waals surface area contributed by atoms with Gasteiger partial charge in [0.25, 0.3) is 17.5 Å². The standard InChI is InChI=1S/C23H18BrClN4O5/c1-2-34-20-6-4-3-5-15(20)22(30)27-28-21(16-12-14(29(32)33)8-9-18(16)25)26-19-10-7-13(24)11-17(19)23(28)31/h3-12,21,26H,2H2,1H3,(H,27,30). The zero-order valence-corrected chi connectivity index (χ0v) is 20.1. The lowest BCUT2D eigenvalue weighted by molar-refractivity contribution is -0.384. The van der Waals surface area contributed by atoms with Gasteiger partial charge in [-0.05, 0) is 43.3 Å². The van der Waals surface area contributed by atoms with Gasteiger partial charge in [0.15, 0.2) is 0 Å². The molecule has 0 saturated carbocycles. The van der Waals surface area contributed by atoms with Gasteiger partial charge in [-0.2, -0.15) is 0 Å². The first kappa shape index (κ1) is 23.5. The summed E-state index contributed by atoms with van der Waals surface area (Å²) in [6.45, 7) is 2.14. The van der Waals surface area contributed by atoms with Gasteiger partial charge in [-0.15, -0.1) is 0 Å². The van der Waals surface area contributed by atoms with E-state index in [4.69, 9.17) is 16.3 Å². The first-order valence-electron chi connectivity index (χ1n) is 10.2. The lowest BCUT2D eigenvalue weighted by Crippen LogP contribution is -2.53. The van der Waals surface area contributed by atoms with Crippen molar-refractivity contribution >= 4 is 50.7 Å². The number of nitro groups is 1. The first-order chi connectivity index (χ1) is 16.3. The molecule has 9 nitrogen and oxygen atoms in total. The second-order valence-electron chi connectivity index (χ2n) is 7.24. The van der Waals surface area contributed by atoms with Crippen LogP contribution in [0.25, 0.3) is 0 Å². The smallest absolute Gasteiger partial charge is 0.276 e. The number of hydrazine groups is 1. The Hall–Kier alpha value is -3.63. The molecular weight excluding hydrogens is 528 g/mol. The zero-order valence-electron chi connectivity index (χ0n) is 17.7. The van der Waals surface area contributed by atoms with Crippen LogP contribution in [0, 0.1) is 10.1 Å². The number of halogens is 2. The molecule has 0 aliphatic carbocycles. The summed E-state index contributed by atoms with van der Waals surface area (Å²) in [6, 6.07) is 15.6. The van der Waals surface area contributed by atoms with E-state index in [1.807, 2.05) is 0 Å². The van der Waals surface area contributed by atoms with Gasteiger partial charge in [0.1, 0.15) is 11.9 Å². The summed E-state index contributed by atoms with van der Waals surface area (Å²) in [5.74, 6) is -0.762. The monoisotopic (exact) mass is 544 g/mol. The fourth-order valence-corrected chi connectivity index (χ4v) is 4.15. The number of carbonyl (C=O) groups is 2. The molecule has 1 heterocycles. The fourth-order valence-electron chi connectivity index (χ4n) is 3.57. The molecular formula is C23H18BrClN4O5. The van der Waals surface area contributed by atoms with E-state index in [1.165, 1.54) is 18.2 Å². The molecule has 0 saturated heterocycles. The highest BCUT2D eigenvalue weighted by Crippen LogP contribution is 2.37. The minimum Gasteiger partial charge on any atom is -0.493 e. The highest BCUT2D eigenvalue weighted by atomic mass is 79.9. The average molecular weight is 546 g/mol. The minimum absolute atomic E-state index is 0.186. The van der Waals surface area contributed by atoms with Crippen LogP contribution in [-0.4, -0.2) is 28.4 Å². The van der Waals surface area contributed by atoms with Crippen molar-refractivity contribution in [1.82, 2.24) is 10.4 Å². The molecule has 2 amide bonds. The van der Waals surface area contributed by atoms with Gasteiger partial charge in [0.05, 0.1) is 22.7 Å². The number of hydrogen-bond donors (Lipinski definition) is 2. The third-order valence-corrected chi connectivity index (χ3v) is 5.96. The number of amides is 2. The van der Waals surface area contributed by atoms with Crippen LogP contribution in [0.15, 0.2) is 65.1 Å². The van der Waals surface area contributed by atoms with E-state index in [0.29, 0.717) is 28.1 Å². The molecule has 11 heteroatoms. The third kappa shape index (κ3) is 4.55. The average Bonchev–Trinajstić information content (AvgIpc) is 2.82. The number of hydrogen-bond acceptors (Lipinski definition) is 6. The number of nitrogens with one attached hydrogen (secondary N) is 2. The maximum atomic E-state index is 13.5. The van der Waals surface area contributed by atoms with E-state index in [9.17, 15) is 19.7 Å². The Morgan fingerprint density at radius 1 is 1.24 bits per heavy atom. The summed E-state index contributed by atoms with van der Waals surface area (Å²) in [7, 11) is 0. The molecule has 0 fully saturated rings. The Balaban J connectivity index is 1.79. The number of nitrogens with zero attached hydrogens (tertiary/aromatic N) is 2. The second kappa shape index (κ2) is 9.70. The van der Waals surface area contributed by atoms with Crippen molar-refractivity contribution in [2.75, 3.05) is 11.9 Å². The fraction of sp³-hybridized carbons (Fsp3) is 0.130. The van der Waals surface area contributed by atoms with Crippen LogP contribution in [0.3, 0.4) is 0 Å². The number of fused-ring (bicyclic) bond motifs is 1. The van der Waals surface area contributed by atoms with E-state index in [1.54, 1.807) is 49.4 Å². The molecule has 34 heavy (non-hydrogen) atoms. The van der Waals surface area contributed by atoms with Gasteiger partial charge in [0, 0.05) is 32.9 Å². The number of para-hydroxylation sites is 1. The van der Waals surface area contributed by atoms with Crippen LogP contribution in [0.4, 0.5) is 11.4 Å². The number of nitro benzene ring substituents is 1. The number of carbonyl (C=O) groups excluding carboxylic acids is 2. The molecule has 4 rings (SSSR count). The summed E-state index contributed by atoms with van der Waals surface area (Å²) < 4.78 is 6.20. The Morgan fingerprint density at radius 2 is 2.00 bits per heavy atom. The van der Waals surface area contributed by atoms with E-state index in [-0.39, 0.29) is 21.8 Å². The van der Waals surface area contributed by atoms with Crippen molar-refractivity contribution in [2.24, 2.45) is 0 Å².